The van der Waals surface area contributed by atoms with Crippen molar-refractivity contribution in [3.8, 4) is 5.75 Å². The number of para-hydroxylation sites is 1. The maximum Gasteiger partial charge on any atom is 0.342 e. The molecule has 2 aromatic rings. The molecule has 4 N–H and O–H groups in total. The molecule has 2 rings (SSSR count). The Kier molecular flexibility index (Phi) is 7.95. The summed E-state index contributed by atoms with van der Waals surface area (Å²) in [7, 11) is -2.78. The number of esters is 1. The molecule has 0 saturated heterocycles. The largest absolute Gasteiger partial charge is 0.496 e. The fraction of sp³-hybridized carbons (Fsp3) is 0.286. The van der Waals surface area contributed by atoms with Crippen molar-refractivity contribution < 1.29 is 32.3 Å². The van der Waals surface area contributed by atoms with Crippen LogP contribution in [-0.2, 0) is 24.3 Å². The van der Waals surface area contributed by atoms with Gasteiger partial charge in [-0.1, -0.05) is 18.2 Å². The lowest BCUT2D eigenvalue weighted by Gasteiger charge is -2.16. The Morgan fingerprint density at radius 1 is 1.09 bits per heavy atom. The Hall–Kier alpha value is -3.44. The van der Waals surface area contributed by atoms with Gasteiger partial charge in [-0.3, -0.25) is 9.59 Å². The predicted octanol–water partition coefficient (Wildman–Crippen LogP) is 1.26. The molecule has 1 atom stereocenters. The second-order valence-electron chi connectivity index (χ2n) is 6.99. The van der Waals surface area contributed by atoms with Crippen molar-refractivity contribution in [2.75, 3.05) is 19.0 Å². The first-order chi connectivity index (χ1) is 14.9. The summed E-state index contributed by atoms with van der Waals surface area (Å²) in [5.41, 5.74) is 2.20. The van der Waals surface area contributed by atoms with Crippen LogP contribution in [0, 0.1) is 13.8 Å². The molecule has 0 saturated carbocycles. The molecule has 0 bridgehead atoms. The second-order valence-corrected chi connectivity index (χ2v) is 8.55. The average molecular weight is 464 g/mol. The third-order valence-electron chi connectivity index (χ3n) is 4.54. The Morgan fingerprint density at radius 2 is 1.72 bits per heavy atom. The number of carbonyl (C=O) groups excluding carboxylic acids is 3. The zero-order valence-corrected chi connectivity index (χ0v) is 18.9. The smallest absolute Gasteiger partial charge is 0.342 e. The van der Waals surface area contributed by atoms with Gasteiger partial charge in [-0.2, -0.15) is 0 Å². The van der Waals surface area contributed by atoms with Crippen LogP contribution in [0.25, 0.3) is 0 Å². The first kappa shape index (κ1) is 24.8. The molecule has 2 aromatic carbocycles. The molecule has 1 unspecified atom stereocenters. The van der Waals surface area contributed by atoms with E-state index in [4.69, 9.17) is 14.6 Å². The van der Waals surface area contributed by atoms with Crippen LogP contribution < -0.4 is 20.5 Å². The van der Waals surface area contributed by atoms with Gasteiger partial charge in [-0.05, 0) is 50.1 Å². The zero-order valence-electron chi connectivity index (χ0n) is 18.1. The maximum atomic E-state index is 12.5. The number of aryl methyl sites for hydroxylation is 2. The van der Waals surface area contributed by atoms with Gasteiger partial charge in [0.2, 0.25) is 15.9 Å². The average Bonchev–Trinajstić information content (AvgIpc) is 2.73. The molecule has 0 aliphatic rings. The third-order valence-corrected chi connectivity index (χ3v) is 5.45. The third kappa shape index (κ3) is 6.28. The van der Waals surface area contributed by atoms with Gasteiger partial charge in [-0.15, -0.1) is 0 Å². The molecule has 0 heterocycles. The van der Waals surface area contributed by atoms with Crippen LogP contribution >= 0.6 is 0 Å². The van der Waals surface area contributed by atoms with E-state index in [2.05, 4.69) is 10.6 Å². The van der Waals surface area contributed by atoms with E-state index in [1.54, 1.807) is 0 Å². The van der Waals surface area contributed by atoms with Gasteiger partial charge >= 0.3 is 5.97 Å². The number of ether oxygens (including phenoxy) is 2. The SMILES string of the molecule is COc1ccc(S(N)(=O)=O)cc1C(=O)OC(C)C(=O)NCC(=O)Nc1c(C)cccc1C. The Bertz CT molecular complexity index is 1130. The van der Waals surface area contributed by atoms with Gasteiger partial charge in [0.05, 0.1) is 18.6 Å². The van der Waals surface area contributed by atoms with Crippen molar-refractivity contribution >= 4 is 33.5 Å². The minimum absolute atomic E-state index is 0.0444. The summed E-state index contributed by atoms with van der Waals surface area (Å²) in [6.07, 6.45) is -1.27. The maximum absolute atomic E-state index is 12.5. The number of carbonyl (C=O) groups is 3. The van der Waals surface area contributed by atoms with Crippen molar-refractivity contribution in [2.24, 2.45) is 5.14 Å². The molecule has 10 nitrogen and oxygen atoms in total. The monoisotopic (exact) mass is 463 g/mol. The van der Waals surface area contributed by atoms with Crippen LogP contribution in [0.1, 0.15) is 28.4 Å². The van der Waals surface area contributed by atoms with Crippen LogP contribution in [-0.4, -0.2) is 46.0 Å². The summed E-state index contributed by atoms with van der Waals surface area (Å²) in [6, 6.07) is 8.99. The number of sulfonamides is 1. The highest BCUT2D eigenvalue weighted by Crippen LogP contribution is 2.23. The topological polar surface area (TPSA) is 154 Å². The summed E-state index contributed by atoms with van der Waals surface area (Å²) in [4.78, 5) is 36.6. The van der Waals surface area contributed by atoms with E-state index in [0.717, 1.165) is 17.2 Å². The van der Waals surface area contributed by atoms with Crippen molar-refractivity contribution in [1.29, 1.82) is 0 Å². The van der Waals surface area contributed by atoms with Crippen molar-refractivity contribution in [3.63, 3.8) is 0 Å². The van der Waals surface area contributed by atoms with E-state index in [0.29, 0.717) is 5.69 Å². The number of nitrogens with one attached hydrogen (secondary N) is 2. The molecular formula is C21H25N3O7S. The standard InChI is InChI=1S/C21H25N3O7S/c1-12-6-5-7-13(2)19(12)24-18(25)11-23-20(26)14(3)31-21(27)16-10-15(32(22,28)29)8-9-17(16)30-4/h5-10,14H,11H2,1-4H3,(H,23,26)(H,24,25)(H2,22,28,29). The highest BCUT2D eigenvalue weighted by Gasteiger charge is 2.23. The molecule has 0 radical (unpaired) electrons. The summed E-state index contributed by atoms with van der Waals surface area (Å²) in [5, 5.41) is 10.2. The van der Waals surface area contributed by atoms with Crippen LogP contribution in [0.5, 0.6) is 5.75 Å². The van der Waals surface area contributed by atoms with Crippen LogP contribution in [0.4, 0.5) is 5.69 Å². The summed E-state index contributed by atoms with van der Waals surface area (Å²) in [5.74, 6) is -2.11. The van der Waals surface area contributed by atoms with E-state index in [9.17, 15) is 22.8 Å². The predicted molar refractivity (Wildman–Crippen MR) is 117 cm³/mol. The number of rotatable bonds is 8. The number of hydrogen-bond acceptors (Lipinski definition) is 7. The van der Waals surface area contributed by atoms with Gasteiger partial charge in [0.25, 0.3) is 5.91 Å². The Morgan fingerprint density at radius 3 is 2.28 bits per heavy atom. The van der Waals surface area contributed by atoms with Gasteiger partial charge in [-0.25, -0.2) is 18.4 Å². The number of benzene rings is 2. The summed E-state index contributed by atoms with van der Waals surface area (Å²) in [6.45, 7) is 4.68. The number of methoxy groups -OCH3 is 1. The fourth-order valence-electron chi connectivity index (χ4n) is 2.81. The molecular weight excluding hydrogens is 438 g/mol. The number of primary sulfonamides is 1. The molecule has 11 heteroatoms. The summed E-state index contributed by atoms with van der Waals surface area (Å²) < 4.78 is 33.2. The molecule has 0 aromatic heterocycles. The van der Waals surface area contributed by atoms with Gasteiger partial charge < -0.3 is 20.1 Å². The van der Waals surface area contributed by atoms with E-state index >= 15 is 0 Å². The second kappa shape index (κ2) is 10.2. The Balaban J connectivity index is 2.00. The highest BCUT2D eigenvalue weighted by atomic mass is 32.2. The molecule has 0 fully saturated rings. The first-order valence-electron chi connectivity index (χ1n) is 9.49. The first-order valence-corrected chi connectivity index (χ1v) is 11.0. The molecule has 0 aliphatic carbocycles. The van der Waals surface area contributed by atoms with E-state index in [1.807, 2.05) is 32.0 Å². The molecule has 0 spiro atoms. The van der Waals surface area contributed by atoms with Gasteiger partial charge in [0.15, 0.2) is 6.10 Å². The van der Waals surface area contributed by atoms with Crippen LogP contribution in [0.2, 0.25) is 0 Å². The van der Waals surface area contributed by atoms with E-state index in [1.165, 1.54) is 26.2 Å². The lowest BCUT2D eigenvalue weighted by atomic mass is 10.1. The fourth-order valence-corrected chi connectivity index (χ4v) is 3.35. The van der Waals surface area contributed by atoms with E-state index < -0.39 is 33.9 Å². The minimum atomic E-state index is -4.07. The minimum Gasteiger partial charge on any atom is -0.496 e. The number of nitrogens with two attached hydrogens (primary N) is 1. The normalized spacial score (nSPS) is 11.9. The van der Waals surface area contributed by atoms with Crippen molar-refractivity contribution in [2.45, 2.75) is 31.8 Å². The van der Waals surface area contributed by atoms with Crippen molar-refractivity contribution in [3.05, 3.63) is 53.1 Å². The van der Waals surface area contributed by atoms with Crippen LogP contribution in [0.3, 0.4) is 0 Å². The van der Waals surface area contributed by atoms with Gasteiger partial charge in [0, 0.05) is 5.69 Å². The quantitative estimate of drug-likeness (QED) is 0.498. The van der Waals surface area contributed by atoms with E-state index in [-0.39, 0.29) is 22.8 Å². The van der Waals surface area contributed by atoms with Crippen molar-refractivity contribution in [1.82, 2.24) is 5.32 Å². The number of hydrogen-bond donors (Lipinski definition) is 3. The molecule has 32 heavy (non-hydrogen) atoms. The molecule has 172 valence electrons. The molecule has 2 amide bonds. The number of anilines is 1. The highest BCUT2D eigenvalue weighted by molar-refractivity contribution is 7.89. The molecule has 0 aliphatic heterocycles. The summed E-state index contributed by atoms with van der Waals surface area (Å²) >= 11 is 0. The number of amides is 2. The lowest BCUT2D eigenvalue weighted by molar-refractivity contribution is -0.130. The Labute approximate surface area is 186 Å². The van der Waals surface area contributed by atoms with Crippen LogP contribution in [0.15, 0.2) is 41.3 Å². The van der Waals surface area contributed by atoms with Gasteiger partial charge in [0.1, 0.15) is 11.3 Å². The lowest BCUT2D eigenvalue weighted by Crippen LogP contribution is -2.40. The zero-order chi connectivity index (χ0) is 24.1.